The number of rotatable bonds is 4. The molecule has 1 aliphatic rings. The number of carbonyl (C=O) groups excluding carboxylic acids is 1. The van der Waals surface area contributed by atoms with E-state index in [-0.39, 0.29) is 11.9 Å². The van der Waals surface area contributed by atoms with E-state index in [0.717, 1.165) is 36.3 Å². The van der Waals surface area contributed by atoms with Crippen molar-refractivity contribution in [2.75, 3.05) is 13.7 Å². The Kier molecular flexibility index (Phi) is 4.60. The molecule has 1 saturated heterocycles. The van der Waals surface area contributed by atoms with E-state index in [2.05, 4.69) is 4.98 Å². The Balaban J connectivity index is 1.79. The Bertz CT molecular complexity index is 685. The molecule has 4 heteroatoms. The number of methoxy groups -OCH3 is 1. The number of likely N-dealkylation sites (tertiary alicyclic amines) is 1. The molecule has 0 N–H and O–H groups in total. The number of amides is 1. The van der Waals surface area contributed by atoms with Gasteiger partial charge in [-0.25, -0.2) is 0 Å². The van der Waals surface area contributed by atoms with Gasteiger partial charge in [0, 0.05) is 24.5 Å². The van der Waals surface area contributed by atoms with Crippen LogP contribution in [0.4, 0.5) is 0 Å². The van der Waals surface area contributed by atoms with Gasteiger partial charge in [-0.05, 0) is 43.5 Å². The lowest BCUT2D eigenvalue weighted by molar-refractivity contribution is -0.131. The second-order valence-electron chi connectivity index (χ2n) is 6.02. The topological polar surface area (TPSA) is 42.4 Å². The molecule has 23 heavy (non-hydrogen) atoms. The maximum Gasteiger partial charge on any atom is 0.227 e. The zero-order valence-corrected chi connectivity index (χ0v) is 13.7. The molecule has 0 bridgehead atoms. The summed E-state index contributed by atoms with van der Waals surface area (Å²) in [7, 11) is 1.65. The predicted molar refractivity (Wildman–Crippen MR) is 89.4 cm³/mol. The van der Waals surface area contributed by atoms with Crippen LogP contribution >= 0.6 is 0 Å². The standard InChI is InChI=1S/C19H22N2O2/c1-14-5-6-18(23-2)16(12-14)13-19(22)21-11-3-4-17(21)15-7-9-20-10-8-15/h5-10,12,17H,3-4,11,13H2,1-2H3. The van der Waals surface area contributed by atoms with Gasteiger partial charge in [-0.1, -0.05) is 17.7 Å². The number of pyridine rings is 1. The number of carbonyl (C=O) groups is 1. The Hall–Kier alpha value is -2.36. The lowest BCUT2D eigenvalue weighted by Gasteiger charge is -2.25. The zero-order valence-electron chi connectivity index (χ0n) is 13.7. The molecule has 0 radical (unpaired) electrons. The van der Waals surface area contributed by atoms with Crippen molar-refractivity contribution in [3.05, 3.63) is 59.4 Å². The molecule has 1 atom stereocenters. The summed E-state index contributed by atoms with van der Waals surface area (Å²) in [5.74, 6) is 0.942. The average Bonchev–Trinajstić information content (AvgIpc) is 3.05. The van der Waals surface area contributed by atoms with Gasteiger partial charge < -0.3 is 9.64 Å². The average molecular weight is 310 g/mol. The number of aromatic nitrogens is 1. The maximum atomic E-state index is 12.8. The first-order valence-electron chi connectivity index (χ1n) is 8.02. The molecule has 2 aromatic rings. The van der Waals surface area contributed by atoms with Crippen LogP contribution < -0.4 is 4.74 Å². The van der Waals surface area contributed by atoms with Gasteiger partial charge in [0.2, 0.25) is 5.91 Å². The molecule has 0 aliphatic carbocycles. The van der Waals surface area contributed by atoms with Gasteiger partial charge >= 0.3 is 0 Å². The summed E-state index contributed by atoms with van der Waals surface area (Å²) in [6, 6.07) is 10.1. The maximum absolute atomic E-state index is 12.8. The fourth-order valence-electron chi connectivity index (χ4n) is 3.31. The highest BCUT2D eigenvalue weighted by molar-refractivity contribution is 5.80. The Morgan fingerprint density at radius 3 is 2.83 bits per heavy atom. The fraction of sp³-hybridized carbons (Fsp3) is 0.368. The molecular weight excluding hydrogens is 288 g/mol. The van der Waals surface area contributed by atoms with Gasteiger partial charge in [0.05, 0.1) is 19.6 Å². The summed E-state index contributed by atoms with van der Waals surface area (Å²) < 4.78 is 5.40. The molecule has 3 rings (SSSR count). The van der Waals surface area contributed by atoms with Gasteiger partial charge in [-0.2, -0.15) is 0 Å². The third-order valence-electron chi connectivity index (χ3n) is 4.44. The minimum absolute atomic E-state index is 0.160. The highest BCUT2D eigenvalue weighted by atomic mass is 16.5. The van der Waals surface area contributed by atoms with E-state index >= 15 is 0 Å². The number of aryl methyl sites for hydroxylation is 1. The predicted octanol–water partition coefficient (Wildman–Crippen LogP) is 3.30. The quantitative estimate of drug-likeness (QED) is 0.870. The van der Waals surface area contributed by atoms with Crippen LogP contribution in [0.5, 0.6) is 5.75 Å². The van der Waals surface area contributed by atoms with Crippen molar-refractivity contribution in [2.24, 2.45) is 0 Å². The molecular formula is C19H22N2O2. The highest BCUT2D eigenvalue weighted by Gasteiger charge is 2.30. The second kappa shape index (κ2) is 6.82. The van der Waals surface area contributed by atoms with Gasteiger partial charge in [-0.3, -0.25) is 9.78 Å². The van der Waals surface area contributed by atoms with Crippen molar-refractivity contribution in [3.8, 4) is 5.75 Å². The first-order chi connectivity index (χ1) is 11.2. The van der Waals surface area contributed by atoms with E-state index in [9.17, 15) is 4.79 Å². The highest BCUT2D eigenvalue weighted by Crippen LogP contribution is 2.32. The van der Waals surface area contributed by atoms with Crippen molar-refractivity contribution in [1.29, 1.82) is 0 Å². The summed E-state index contributed by atoms with van der Waals surface area (Å²) in [6.07, 6.45) is 6.02. The van der Waals surface area contributed by atoms with E-state index in [4.69, 9.17) is 4.74 Å². The van der Waals surface area contributed by atoms with Crippen LogP contribution in [0.3, 0.4) is 0 Å². The van der Waals surface area contributed by atoms with Crippen molar-refractivity contribution < 1.29 is 9.53 Å². The minimum atomic E-state index is 0.160. The van der Waals surface area contributed by atoms with Crippen LogP contribution in [0, 0.1) is 6.92 Å². The lowest BCUT2D eigenvalue weighted by Crippen LogP contribution is -2.32. The molecule has 0 saturated carbocycles. The molecule has 2 heterocycles. The lowest BCUT2D eigenvalue weighted by atomic mass is 10.0. The summed E-state index contributed by atoms with van der Waals surface area (Å²) >= 11 is 0. The summed E-state index contributed by atoms with van der Waals surface area (Å²) in [4.78, 5) is 18.9. The van der Waals surface area contributed by atoms with Crippen LogP contribution in [0.25, 0.3) is 0 Å². The zero-order chi connectivity index (χ0) is 16.2. The van der Waals surface area contributed by atoms with Crippen molar-refractivity contribution in [1.82, 2.24) is 9.88 Å². The van der Waals surface area contributed by atoms with Gasteiger partial charge in [-0.15, -0.1) is 0 Å². The van der Waals surface area contributed by atoms with E-state index in [1.54, 1.807) is 19.5 Å². The third-order valence-corrected chi connectivity index (χ3v) is 4.44. The Morgan fingerprint density at radius 2 is 2.09 bits per heavy atom. The minimum Gasteiger partial charge on any atom is -0.496 e. The van der Waals surface area contributed by atoms with Crippen LogP contribution in [0.1, 0.15) is 35.6 Å². The number of ether oxygens (including phenoxy) is 1. The SMILES string of the molecule is COc1ccc(C)cc1CC(=O)N1CCCC1c1ccncc1. The smallest absolute Gasteiger partial charge is 0.227 e. The van der Waals surface area contributed by atoms with E-state index in [1.165, 1.54) is 5.56 Å². The van der Waals surface area contributed by atoms with Crippen LogP contribution in [0.15, 0.2) is 42.7 Å². The van der Waals surface area contributed by atoms with Gasteiger partial charge in [0.15, 0.2) is 0 Å². The molecule has 1 aliphatic heterocycles. The third kappa shape index (κ3) is 3.36. The molecule has 1 fully saturated rings. The van der Waals surface area contributed by atoms with Crippen molar-refractivity contribution in [2.45, 2.75) is 32.2 Å². The van der Waals surface area contributed by atoms with Crippen molar-refractivity contribution in [3.63, 3.8) is 0 Å². The summed E-state index contributed by atoms with van der Waals surface area (Å²) in [5, 5.41) is 0. The van der Waals surface area contributed by atoms with Crippen LogP contribution in [0.2, 0.25) is 0 Å². The first-order valence-corrected chi connectivity index (χ1v) is 8.02. The fourth-order valence-corrected chi connectivity index (χ4v) is 3.31. The largest absolute Gasteiger partial charge is 0.496 e. The Morgan fingerprint density at radius 1 is 1.30 bits per heavy atom. The molecule has 120 valence electrons. The monoisotopic (exact) mass is 310 g/mol. The summed E-state index contributed by atoms with van der Waals surface area (Å²) in [5.41, 5.74) is 3.26. The van der Waals surface area contributed by atoms with E-state index < -0.39 is 0 Å². The van der Waals surface area contributed by atoms with Crippen molar-refractivity contribution >= 4 is 5.91 Å². The van der Waals surface area contributed by atoms with Crippen LogP contribution in [-0.2, 0) is 11.2 Å². The molecule has 1 amide bonds. The normalized spacial score (nSPS) is 17.3. The second-order valence-corrected chi connectivity index (χ2v) is 6.02. The number of nitrogens with zero attached hydrogens (tertiary/aromatic N) is 2. The van der Waals surface area contributed by atoms with E-state index in [1.807, 2.05) is 42.2 Å². The van der Waals surface area contributed by atoms with E-state index in [0.29, 0.717) is 6.42 Å². The number of hydrogen-bond acceptors (Lipinski definition) is 3. The summed E-state index contributed by atoms with van der Waals surface area (Å²) in [6.45, 7) is 2.85. The molecule has 1 aromatic heterocycles. The molecule has 4 nitrogen and oxygen atoms in total. The Labute approximate surface area is 137 Å². The van der Waals surface area contributed by atoms with Gasteiger partial charge in [0.25, 0.3) is 0 Å². The molecule has 0 spiro atoms. The molecule has 1 unspecified atom stereocenters. The molecule has 1 aromatic carbocycles. The van der Waals surface area contributed by atoms with Gasteiger partial charge in [0.1, 0.15) is 5.75 Å². The number of hydrogen-bond donors (Lipinski definition) is 0. The number of benzene rings is 1. The van der Waals surface area contributed by atoms with Crippen LogP contribution in [-0.4, -0.2) is 29.4 Å². The first kappa shape index (κ1) is 15.5.